The predicted octanol–water partition coefficient (Wildman–Crippen LogP) is 2.85. The molecule has 18 heavy (non-hydrogen) atoms. The molecule has 0 spiro atoms. The number of ether oxygens (including phenoxy) is 1. The van der Waals surface area contributed by atoms with Crippen molar-refractivity contribution in [1.82, 2.24) is 5.32 Å². The van der Waals surface area contributed by atoms with Gasteiger partial charge in [0.1, 0.15) is 6.61 Å². The van der Waals surface area contributed by atoms with Crippen LogP contribution in [0.4, 0.5) is 4.79 Å². The largest absolute Gasteiger partial charge is 0.445 e. The van der Waals surface area contributed by atoms with Gasteiger partial charge in [-0.3, -0.25) is 0 Å². The van der Waals surface area contributed by atoms with Gasteiger partial charge in [0.15, 0.2) is 0 Å². The Morgan fingerprint density at radius 2 is 2.06 bits per heavy atom. The number of nitrogens with one attached hydrogen (secondary N) is 1. The van der Waals surface area contributed by atoms with Gasteiger partial charge >= 0.3 is 6.09 Å². The Hall–Kier alpha value is -2.02. The van der Waals surface area contributed by atoms with Gasteiger partial charge in [0.05, 0.1) is 6.07 Å². The fourth-order valence-electron chi connectivity index (χ4n) is 1.36. The Labute approximate surface area is 108 Å². The third-order valence-corrected chi connectivity index (χ3v) is 2.48. The first kappa shape index (κ1) is 14.0. The number of nitrogens with zero attached hydrogens (tertiary/aromatic N) is 1. The van der Waals surface area contributed by atoms with Crippen LogP contribution < -0.4 is 5.32 Å². The van der Waals surface area contributed by atoms with E-state index in [1.807, 2.05) is 44.2 Å². The van der Waals surface area contributed by atoms with Gasteiger partial charge in [-0.05, 0) is 11.0 Å². The van der Waals surface area contributed by atoms with Crippen molar-refractivity contribution < 1.29 is 9.53 Å². The lowest BCUT2D eigenvalue weighted by Crippen LogP contribution is -2.34. The molecule has 0 radical (unpaired) electrons. The summed E-state index contributed by atoms with van der Waals surface area (Å²) >= 11 is 0. The average molecular weight is 246 g/mol. The summed E-state index contributed by atoms with van der Waals surface area (Å²) in [5.74, 6) is 0. The molecule has 4 heteroatoms. The van der Waals surface area contributed by atoms with Crippen LogP contribution in [0.3, 0.4) is 0 Å². The molecule has 1 N–H and O–H groups in total. The second-order valence-corrected chi connectivity index (χ2v) is 4.91. The molecule has 0 atom stereocenters. The highest BCUT2D eigenvalue weighted by molar-refractivity contribution is 5.67. The topological polar surface area (TPSA) is 62.1 Å². The fraction of sp³-hybridized carbons (Fsp3) is 0.429. The molecule has 0 aromatic heterocycles. The van der Waals surface area contributed by atoms with Crippen molar-refractivity contribution in [3.05, 3.63) is 35.9 Å². The van der Waals surface area contributed by atoms with E-state index < -0.39 is 6.09 Å². The molecule has 1 amide bonds. The first-order valence-corrected chi connectivity index (χ1v) is 5.85. The minimum Gasteiger partial charge on any atom is -0.445 e. The molecule has 1 aromatic carbocycles. The number of alkyl carbamates (subject to hydrolysis) is 1. The Bertz CT molecular complexity index is 421. The van der Waals surface area contributed by atoms with Crippen LogP contribution in [0.2, 0.25) is 0 Å². The average Bonchev–Trinajstić information content (AvgIpc) is 2.35. The maximum atomic E-state index is 11.5. The Kier molecular flexibility index (Phi) is 5.19. The molecule has 0 heterocycles. The second kappa shape index (κ2) is 6.65. The summed E-state index contributed by atoms with van der Waals surface area (Å²) in [6.07, 6.45) is -0.0590. The fourth-order valence-corrected chi connectivity index (χ4v) is 1.36. The highest BCUT2D eigenvalue weighted by atomic mass is 16.5. The maximum absolute atomic E-state index is 11.5. The molecule has 0 aliphatic carbocycles. The number of nitriles is 1. The van der Waals surface area contributed by atoms with Crippen LogP contribution in [0, 0.1) is 16.7 Å². The molecule has 0 aliphatic rings. The summed E-state index contributed by atoms with van der Waals surface area (Å²) < 4.78 is 5.07. The van der Waals surface area contributed by atoms with Crippen LogP contribution in [-0.2, 0) is 11.3 Å². The maximum Gasteiger partial charge on any atom is 0.407 e. The summed E-state index contributed by atoms with van der Waals surface area (Å²) in [5.41, 5.74) is 0.712. The summed E-state index contributed by atoms with van der Waals surface area (Å²) in [5, 5.41) is 11.3. The van der Waals surface area contributed by atoms with Gasteiger partial charge in [-0.25, -0.2) is 4.79 Å². The van der Waals surface area contributed by atoms with Gasteiger partial charge in [0.25, 0.3) is 0 Å². The van der Waals surface area contributed by atoms with E-state index in [0.717, 1.165) is 5.56 Å². The van der Waals surface area contributed by atoms with Gasteiger partial charge in [-0.1, -0.05) is 44.2 Å². The molecular formula is C14H18N2O2. The van der Waals surface area contributed by atoms with Crippen molar-refractivity contribution in [2.45, 2.75) is 26.9 Å². The molecule has 0 unspecified atom stereocenters. The third kappa shape index (κ3) is 5.35. The van der Waals surface area contributed by atoms with Gasteiger partial charge < -0.3 is 10.1 Å². The quantitative estimate of drug-likeness (QED) is 0.869. The van der Waals surface area contributed by atoms with Crippen LogP contribution in [0.25, 0.3) is 0 Å². The molecule has 4 nitrogen and oxygen atoms in total. The zero-order valence-electron chi connectivity index (χ0n) is 10.8. The zero-order valence-corrected chi connectivity index (χ0v) is 10.8. The highest BCUT2D eigenvalue weighted by Gasteiger charge is 2.18. The van der Waals surface area contributed by atoms with Crippen LogP contribution in [-0.4, -0.2) is 12.6 Å². The standard InChI is InChI=1S/C14H18N2O2/c1-14(2,8-9-15)11-16-13(17)18-10-12-6-4-3-5-7-12/h3-7H,8,10-11H2,1-2H3,(H,16,17). The number of carbonyl (C=O) groups is 1. The van der Waals surface area contributed by atoms with Gasteiger partial charge in [-0.2, -0.15) is 5.26 Å². The van der Waals surface area contributed by atoms with Gasteiger partial charge in [0.2, 0.25) is 0 Å². The van der Waals surface area contributed by atoms with E-state index >= 15 is 0 Å². The molecule has 96 valence electrons. The van der Waals surface area contributed by atoms with E-state index in [9.17, 15) is 4.79 Å². The first-order valence-electron chi connectivity index (χ1n) is 5.85. The predicted molar refractivity (Wildman–Crippen MR) is 68.6 cm³/mol. The summed E-state index contributed by atoms with van der Waals surface area (Å²) in [4.78, 5) is 11.5. The Morgan fingerprint density at radius 3 is 2.67 bits per heavy atom. The molecule has 0 saturated heterocycles. The third-order valence-electron chi connectivity index (χ3n) is 2.48. The Balaban J connectivity index is 2.29. The number of carbonyl (C=O) groups excluding carboxylic acids is 1. The lowest BCUT2D eigenvalue weighted by atomic mass is 9.90. The van der Waals surface area contributed by atoms with Crippen LogP contribution in [0.15, 0.2) is 30.3 Å². The first-order chi connectivity index (χ1) is 8.53. The molecule has 0 saturated carbocycles. The molecule has 1 rings (SSSR count). The van der Waals surface area contributed by atoms with E-state index in [0.29, 0.717) is 13.0 Å². The molecule has 0 fully saturated rings. The highest BCUT2D eigenvalue weighted by Crippen LogP contribution is 2.17. The van der Waals surface area contributed by atoms with E-state index in [4.69, 9.17) is 10.00 Å². The lowest BCUT2D eigenvalue weighted by Gasteiger charge is -2.21. The SMILES string of the molecule is CC(C)(CC#N)CNC(=O)OCc1ccccc1. The van der Waals surface area contributed by atoms with Crippen molar-refractivity contribution in [1.29, 1.82) is 5.26 Å². The number of hydrogen-bond acceptors (Lipinski definition) is 3. The second-order valence-electron chi connectivity index (χ2n) is 4.91. The minimum absolute atomic E-state index is 0.236. The summed E-state index contributed by atoms with van der Waals surface area (Å²) in [7, 11) is 0. The van der Waals surface area contributed by atoms with Crippen LogP contribution >= 0.6 is 0 Å². The van der Waals surface area contributed by atoms with Crippen molar-refractivity contribution in [2.24, 2.45) is 5.41 Å². The lowest BCUT2D eigenvalue weighted by molar-refractivity contribution is 0.135. The zero-order chi connectivity index (χ0) is 13.4. The normalized spacial score (nSPS) is 10.5. The summed E-state index contributed by atoms with van der Waals surface area (Å²) in [6, 6.07) is 11.6. The van der Waals surface area contributed by atoms with Crippen molar-refractivity contribution in [3.8, 4) is 6.07 Å². The van der Waals surface area contributed by atoms with E-state index in [-0.39, 0.29) is 12.0 Å². The minimum atomic E-state index is -0.454. The monoisotopic (exact) mass is 246 g/mol. The van der Waals surface area contributed by atoms with Crippen molar-refractivity contribution >= 4 is 6.09 Å². The van der Waals surface area contributed by atoms with Gasteiger partial charge in [0, 0.05) is 13.0 Å². The van der Waals surface area contributed by atoms with Crippen LogP contribution in [0.5, 0.6) is 0 Å². The summed E-state index contributed by atoms with van der Waals surface area (Å²) in [6.45, 7) is 4.53. The number of amides is 1. The van der Waals surface area contributed by atoms with E-state index in [1.165, 1.54) is 0 Å². The van der Waals surface area contributed by atoms with Crippen molar-refractivity contribution in [3.63, 3.8) is 0 Å². The molecular weight excluding hydrogens is 228 g/mol. The van der Waals surface area contributed by atoms with Crippen LogP contribution in [0.1, 0.15) is 25.8 Å². The Morgan fingerprint density at radius 1 is 1.39 bits per heavy atom. The van der Waals surface area contributed by atoms with E-state index in [1.54, 1.807) is 0 Å². The number of benzene rings is 1. The number of hydrogen-bond donors (Lipinski definition) is 1. The number of rotatable bonds is 5. The molecule has 1 aromatic rings. The van der Waals surface area contributed by atoms with Crippen molar-refractivity contribution in [2.75, 3.05) is 6.54 Å². The molecule has 0 bridgehead atoms. The van der Waals surface area contributed by atoms with E-state index in [2.05, 4.69) is 11.4 Å². The smallest absolute Gasteiger partial charge is 0.407 e. The molecule has 0 aliphatic heterocycles. The van der Waals surface area contributed by atoms with Gasteiger partial charge in [-0.15, -0.1) is 0 Å².